The minimum absolute atomic E-state index is 0.315. The van der Waals surface area contributed by atoms with Crippen LogP contribution in [0.4, 0.5) is 0 Å². The van der Waals surface area contributed by atoms with Crippen LogP contribution in [0.15, 0.2) is 24.3 Å². The Morgan fingerprint density at radius 2 is 2.26 bits per heavy atom. The maximum Gasteiger partial charge on any atom is 0.124 e. The number of para-hydroxylation sites is 1. The van der Waals surface area contributed by atoms with Gasteiger partial charge in [0.15, 0.2) is 0 Å². The van der Waals surface area contributed by atoms with Crippen LogP contribution in [0.1, 0.15) is 24.5 Å². The van der Waals surface area contributed by atoms with E-state index in [1.807, 2.05) is 31.3 Å². The second-order valence-corrected chi connectivity index (χ2v) is 5.11. The molecular weight excluding hydrogens is 242 g/mol. The fraction of sp³-hybridized carbons (Fsp3) is 0.600. The lowest BCUT2D eigenvalue weighted by Crippen LogP contribution is -2.32. The predicted octanol–water partition coefficient (Wildman–Crippen LogP) is 1.84. The monoisotopic (exact) mass is 265 g/mol. The molecule has 19 heavy (non-hydrogen) atoms. The van der Waals surface area contributed by atoms with Gasteiger partial charge in [-0.05, 0) is 26.0 Å². The number of hydrogen-bond acceptors (Lipinski definition) is 4. The number of nitrogens with zero attached hydrogens (tertiary/aromatic N) is 1. The molecule has 0 amide bonds. The van der Waals surface area contributed by atoms with Crippen molar-refractivity contribution in [3.8, 4) is 5.75 Å². The smallest absolute Gasteiger partial charge is 0.124 e. The molecule has 0 aliphatic carbocycles. The van der Waals surface area contributed by atoms with Gasteiger partial charge in [-0.1, -0.05) is 18.2 Å². The van der Waals surface area contributed by atoms with Crippen LogP contribution in [-0.2, 0) is 4.74 Å². The number of aliphatic hydroxyl groups excluding tert-OH is 1. The maximum atomic E-state index is 10.3. The average molecular weight is 265 g/mol. The van der Waals surface area contributed by atoms with Crippen LogP contribution < -0.4 is 4.74 Å². The number of ether oxygens (including phenoxy) is 2. The lowest BCUT2D eigenvalue weighted by Gasteiger charge is -2.24. The third kappa shape index (κ3) is 3.93. The molecule has 0 spiro atoms. The fourth-order valence-corrected chi connectivity index (χ4v) is 2.55. The van der Waals surface area contributed by atoms with Gasteiger partial charge in [-0.2, -0.15) is 0 Å². The summed E-state index contributed by atoms with van der Waals surface area (Å²) < 4.78 is 10.9. The number of hydrogen-bond donors (Lipinski definition) is 1. The topological polar surface area (TPSA) is 41.9 Å². The molecule has 1 N–H and O–H groups in total. The largest absolute Gasteiger partial charge is 0.496 e. The normalized spacial score (nSPS) is 20.7. The first-order valence-corrected chi connectivity index (χ1v) is 6.82. The number of aliphatic hydroxyl groups is 1. The van der Waals surface area contributed by atoms with E-state index in [1.165, 1.54) is 0 Å². The van der Waals surface area contributed by atoms with Gasteiger partial charge >= 0.3 is 0 Å². The number of benzene rings is 1. The summed E-state index contributed by atoms with van der Waals surface area (Å²) in [5, 5.41) is 10.3. The van der Waals surface area contributed by atoms with E-state index >= 15 is 0 Å². The summed E-state index contributed by atoms with van der Waals surface area (Å²) in [4.78, 5) is 2.12. The summed E-state index contributed by atoms with van der Waals surface area (Å²) in [6.07, 6.45) is 2.04. The van der Waals surface area contributed by atoms with Gasteiger partial charge < -0.3 is 19.5 Å². The highest BCUT2D eigenvalue weighted by Gasteiger charge is 2.20. The van der Waals surface area contributed by atoms with Crippen LogP contribution >= 0.6 is 0 Å². The van der Waals surface area contributed by atoms with Crippen LogP contribution in [0.3, 0.4) is 0 Å². The van der Waals surface area contributed by atoms with Crippen LogP contribution in [0.2, 0.25) is 0 Å². The van der Waals surface area contributed by atoms with E-state index in [1.54, 1.807) is 7.11 Å². The van der Waals surface area contributed by atoms with Crippen LogP contribution in [0.5, 0.6) is 5.75 Å². The molecule has 2 rings (SSSR count). The molecule has 106 valence electrons. The minimum Gasteiger partial charge on any atom is -0.496 e. The summed E-state index contributed by atoms with van der Waals surface area (Å²) in [6, 6.07) is 7.61. The predicted molar refractivity (Wildman–Crippen MR) is 74.4 cm³/mol. The van der Waals surface area contributed by atoms with Gasteiger partial charge in [-0.3, -0.25) is 0 Å². The Bertz CT molecular complexity index is 391. The molecule has 1 heterocycles. The molecule has 2 atom stereocenters. The quantitative estimate of drug-likeness (QED) is 0.852. The van der Waals surface area contributed by atoms with Crippen molar-refractivity contribution < 1.29 is 14.6 Å². The fourth-order valence-electron chi connectivity index (χ4n) is 2.55. The van der Waals surface area contributed by atoms with E-state index in [9.17, 15) is 5.11 Å². The lowest BCUT2D eigenvalue weighted by atomic mass is 10.1. The zero-order chi connectivity index (χ0) is 13.7. The minimum atomic E-state index is -0.539. The van der Waals surface area contributed by atoms with E-state index in [-0.39, 0.29) is 0 Å². The van der Waals surface area contributed by atoms with Crippen molar-refractivity contribution in [3.05, 3.63) is 29.8 Å². The molecule has 4 heteroatoms. The van der Waals surface area contributed by atoms with E-state index in [2.05, 4.69) is 4.90 Å². The van der Waals surface area contributed by atoms with E-state index in [4.69, 9.17) is 9.47 Å². The molecule has 1 fully saturated rings. The summed E-state index contributed by atoms with van der Waals surface area (Å²) in [6.45, 7) is 2.32. The molecule has 1 saturated heterocycles. The first-order chi connectivity index (χ1) is 9.20. The molecule has 1 aromatic rings. The number of likely N-dealkylation sites (N-methyl/N-ethyl adjacent to an activating group) is 1. The molecule has 0 aromatic heterocycles. The third-order valence-electron chi connectivity index (χ3n) is 3.52. The highest BCUT2D eigenvalue weighted by molar-refractivity contribution is 5.35. The molecule has 1 aliphatic rings. The summed E-state index contributed by atoms with van der Waals surface area (Å²) in [7, 11) is 3.64. The molecule has 2 unspecified atom stereocenters. The Hall–Kier alpha value is -1.10. The van der Waals surface area contributed by atoms with Crippen molar-refractivity contribution >= 4 is 0 Å². The van der Waals surface area contributed by atoms with Crippen molar-refractivity contribution in [3.63, 3.8) is 0 Å². The van der Waals surface area contributed by atoms with Crippen LogP contribution in [-0.4, -0.2) is 50.0 Å². The van der Waals surface area contributed by atoms with Crippen LogP contribution in [0.25, 0.3) is 0 Å². The standard InChI is InChI=1S/C15H23NO3/c1-16(10-12-6-5-9-19-12)11-14(17)13-7-3-4-8-15(13)18-2/h3-4,7-8,12,14,17H,5-6,9-11H2,1-2H3. The van der Waals surface area contributed by atoms with Gasteiger partial charge in [0.2, 0.25) is 0 Å². The first-order valence-electron chi connectivity index (χ1n) is 6.82. The molecule has 4 nitrogen and oxygen atoms in total. The van der Waals surface area contributed by atoms with Gasteiger partial charge in [-0.15, -0.1) is 0 Å². The Morgan fingerprint density at radius 3 is 2.95 bits per heavy atom. The van der Waals surface area contributed by atoms with Crippen molar-refractivity contribution in [1.82, 2.24) is 4.90 Å². The molecule has 0 saturated carbocycles. The Balaban J connectivity index is 1.90. The lowest BCUT2D eigenvalue weighted by molar-refractivity contribution is 0.0596. The van der Waals surface area contributed by atoms with Gasteiger partial charge in [0.25, 0.3) is 0 Å². The summed E-state index contributed by atoms with van der Waals surface area (Å²) in [5.41, 5.74) is 0.837. The third-order valence-corrected chi connectivity index (χ3v) is 3.52. The number of methoxy groups -OCH3 is 1. The van der Waals surface area contributed by atoms with Crippen molar-refractivity contribution in [2.24, 2.45) is 0 Å². The summed E-state index contributed by atoms with van der Waals surface area (Å²) >= 11 is 0. The Labute approximate surface area is 114 Å². The summed E-state index contributed by atoms with van der Waals surface area (Å²) in [5.74, 6) is 0.737. The van der Waals surface area contributed by atoms with Gasteiger partial charge in [0.05, 0.1) is 19.3 Å². The number of rotatable bonds is 6. The van der Waals surface area contributed by atoms with Crippen molar-refractivity contribution in [2.75, 3.05) is 33.9 Å². The molecule has 0 bridgehead atoms. The van der Waals surface area contributed by atoms with Gasteiger partial charge in [-0.25, -0.2) is 0 Å². The first kappa shape index (κ1) is 14.3. The van der Waals surface area contributed by atoms with Gasteiger partial charge in [0, 0.05) is 25.3 Å². The molecule has 1 aliphatic heterocycles. The van der Waals surface area contributed by atoms with E-state index < -0.39 is 6.10 Å². The highest BCUT2D eigenvalue weighted by Crippen LogP contribution is 2.25. The zero-order valence-electron chi connectivity index (χ0n) is 11.7. The Morgan fingerprint density at radius 1 is 1.47 bits per heavy atom. The molecular formula is C15H23NO3. The molecule has 0 radical (unpaired) electrons. The van der Waals surface area contributed by atoms with Crippen molar-refractivity contribution in [2.45, 2.75) is 25.0 Å². The highest BCUT2D eigenvalue weighted by atomic mass is 16.5. The van der Waals surface area contributed by atoms with Gasteiger partial charge in [0.1, 0.15) is 5.75 Å². The molecule has 1 aromatic carbocycles. The van der Waals surface area contributed by atoms with E-state index in [0.717, 1.165) is 37.3 Å². The Kier molecular flexibility index (Phi) is 5.19. The SMILES string of the molecule is COc1ccccc1C(O)CN(C)CC1CCCO1. The van der Waals surface area contributed by atoms with Crippen LogP contribution in [0, 0.1) is 0 Å². The second-order valence-electron chi connectivity index (χ2n) is 5.11. The second kappa shape index (κ2) is 6.89. The van der Waals surface area contributed by atoms with E-state index in [0.29, 0.717) is 12.6 Å². The van der Waals surface area contributed by atoms with Crippen molar-refractivity contribution in [1.29, 1.82) is 0 Å². The zero-order valence-corrected chi connectivity index (χ0v) is 11.7. The average Bonchev–Trinajstić information content (AvgIpc) is 2.91. The maximum absolute atomic E-state index is 10.3.